The number of amides is 1. The van der Waals surface area contributed by atoms with Gasteiger partial charge in [-0.05, 0) is 51.7 Å². The Morgan fingerprint density at radius 2 is 2.05 bits per heavy atom. The molecule has 9 heteroatoms. The minimum atomic E-state index is -0.963. The number of aromatic nitrogens is 2. The zero-order valence-corrected chi connectivity index (χ0v) is 21.9. The number of methoxy groups -OCH3 is 1. The van der Waals surface area contributed by atoms with E-state index in [0.29, 0.717) is 48.6 Å². The molecule has 4 rings (SSSR count). The van der Waals surface area contributed by atoms with Crippen molar-refractivity contribution in [2.45, 2.75) is 58.2 Å². The highest BCUT2D eigenvalue weighted by molar-refractivity contribution is 6.11. The lowest BCUT2D eigenvalue weighted by molar-refractivity contribution is -0.119. The third kappa shape index (κ3) is 6.11. The second-order valence-corrected chi connectivity index (χ2v) is 10.1. The first-order valence-corrected chi connectivity index (χ1v) is 12.7. The van der Waals surface area contributed by atoms with Crippen molar-refractivity contribution in [3.05, 3.63) is 53.9 Å². The van der Waals surface area contributed by atoms with E-state index < -0.39 is 11.6 Å². The fourth-order valence-corrected chi connectivity index (χ4v) is 4.44. The van der Waals surface area contributed by atoms with Crippen LogP contribution in [0.3, 0.4) is 0 Å². The molecule has 3 aromatic rings. The van der Waals surface area contributed by atoms with Crippen molar-refractivity contribution < 1.29 is 24.2 Å². The van der Waals surface area contributed by atoms with E-state index in [-0.39, 0.29) is 23.6 Å². The first-order chi connectivity index (χ1) is 17.7. The minimum Gasteiger partial charge on any atom is -0.464 e. The van der Waals surface area contributed by atoms with E-state index in [1.165, 1.54) is 12.7 Å². The molecule has 0 unspecified atom stereocenters. The highest BCUT2D eigenvalue weighted by atomic mass is 16.5. The van der Waals surface area contributed by atoms with Crippen molar-refractivity contribution in [3.63, 3.8) is 0 Å². The topological polar surface area (TPSA) is 115 Å². The van der Waals surface area contributed by atoms with E-state index in [1.807, 2.05) is 35.8 Å². The van der Waals surface area contributed by atoms with Crippen LogP contribution in [-0.2, 0) is 27.2 Å². The lowest BCUT2D eigenvalue weighted by Crippen LogP contribution is -2.39. The summed E-state index contributed by atoms with van der Waals surface area (Å²) in [6, 6.07) is 11.7. The van der Waals surface area contributed by atoms with Gasteiger partial charge in [0.25, 0.3) is 0 Å². The summed E-state index contributed by atoms with van der Waals surface area (Å²) in [6.07, 6.45) is 3.89. The van der Waals surface area contributed by atoms with Crippen molar-refractivity contribution in [3.8, 4) is 0 Å². The molecular weight excluding hydrogens is 472 g/mol. The molecule has 9 nitrogen and oxygen atoms in total. The summed E-state index contributed by atoms with van der Waals surface area (Å²) in [6.45, 7) is 6.73. The summed E-state index contributed by atoms with van der Waals surface area (Å²) in [5.41, 5.74) is 2.12. The number of hydrogen-bond acceptors (Lipinski definition) is 7. The van der Waals surface area contributed by atoms with E-state index in [9.17, 15) is 14.7 Å². The number of hydrogen-bond donors (Lipinski definition) is 3. The molecule has 2 aromatic heterocycles. The van der Waals surface area contributed by atoms with Crippen LogP contribution in [0, 0.1) is 5.92 Å². The van der Waals surface area contributed by atoms with Crippen LogP contribution >= 0.6 is 0 Å². The number of anilines is 2. The van der Waals surface area contributed by atoms with Gasteiger partial charge in [0, 0.05) is 18.5 Å². The molecule has 0 spiro atoms. The maximum Gasteiger partial charge on any atom is 0.356 e. The van der Waals surface area contributed by atoms with Gasteiger partial charge < -0.3 is 29.8 Å². The Morgan fingerprint density at radius 3 is 2.70 bits per heavy atom. The van der Waals surface area contributed by atoms with Gasteiger partial charge in [0.15, 0.2) is 5.69 Å². The zero-order valence-electron chi connectivity index (χ0n) is 21.9. The maximum atomic E-state index is 13.1. The number of nitrogens with zero attached hydrogens (tertiary/aromatic N) is 2. The van der Waals surface area contributed by atoms with E-state index in [4.69, 9.17) is 9.47 Å². The fourth-order valence-electron chi connectivity index (χ4n) is 4.44. The van der Waals surface area contributed by atoms with E-state index in [1.54, 1.807) is 20.0 Å². The summed E-state index contributed by atoms with van der Waals surface area (Å²) in [4.78, 5) is 30.8. The summed E-state index contributed by atoms with van der Waals surface area (Å²) >= 11 is 0. The lowest BCUT2D eigenvalue weighted by Gasteiger charge is -2.27. The number of benzene rings is 1. The van der Waals surface area contributed by atoms with Crippen LogP contribution in [0.5, 0.6) is 0 Å². The number of nitrogens with one attached hydrogen (secondary N) is 2. The van der Waals surface area contributed by atoms with E-state index in [0.717, 1.165) is 12.8 Å². The van der Waals surface area contributed by atoms with Crippen LogP contribution in [0.25, 0.3) is 11.0 Å². The van der Waals surface area contributed by atoms with Gasteiger partial charge in [0.05, 0.1) is 48.8 Å². The summed E-state index contributed by atoms with van der Waals surface area (Å²) in [5.74, 6) is -1.03. The molecule has 37 heavy (non-hydrogen) atoms. The van der Waals surface area contributed by atoms with Crippen molar-refractivity contribution in [2.24, 2.45) is 5.92 Å². The third-order valence-electron chi connectivity index (χ3n) is 6.96. The van der Waals surface area contributed by atoms with Gasteiger partial charge in [-0.15, -0.1) is 0 Å². The molecule has 2 atom stereocenters. The number of pyridine rings is 1. The molecule has 0 radical (unpaired) electrons. The van der Waals surface area contributed by atoms with E-state index >= 15 is 0 Å². The molecule has 0 saturated carbocycles. The Labute approximate surface area is 217 Å². The average Bonchev–Trinajstić information content (AvgIpc) is 3.51. The van der Waals surface area contributed by atoms with Crippen LogP contribution in [0.4, 0.5) is 11.4 Å². The zero-order chi connectivity index (χ0) is 26.6. The van der Waals surface area contributed by atoms with Gasteiger partial charge in [0.1, 0.15) is 5.65 Å². The highest BCUT2D eigenvalue weighted by Gasteiger charge is 2.30. The molecule has 3 N–H and O–H groups in total. The maximum absolute atomic E-state index is 13.1. The van der Waals surface area contributed by atoms with Gasteiger partial charge in [-0.2, -0.15) is 0 Å². The number of aliphatic hydroxyl groups is 1. The van der Waals surface area contributed by atoms with Gasteiger partial charge in [-0.3, -0.25) is 4.79 Å². The quantitative estimate of drug-likeness (QED) is 0.355. The Bertz CT molecular complexity index is 1240. The second-order valence-electron chi connectivity index (χ2n) is 10.1. The minimum absolute atomic E-state index is 0.200. The predicted octanol–water partition coefficient (Wildman–Crippen LogP) is 4.00. The van der Waals surface area contributed by atoms with Gasteiger partial charge in [0.2, 0.25) is 5.91 Å². The number of esters is 1. The SMILES string of the molecule is COC(=O)c1c(NC(=O)[C@H]2CCOC2)c2cc(N[C@@H](C)C(C)(C)O)cnc2n1CCCc1ccccc1. The summed E-state index contributed by atoms with van der Waals surface area (Å²) in [5, 5.41) is 17.3. The summed E-state index contributed by atoms with van der Waals surface area (Å²) in [7, 11) is 1.33. The molecule has 1 amide bonds. The van der Waals surface area contributed by atoms with Gasteiger partial charge >= 0.3 is 5.97 Å². The molecule has 3 heterocycles. The number of rotatable bonds is 10. The Morgan fingerprint density at radius 1 is 1.30 bits per heavy atom. The average molecular weight is 509 g/mol. The molecule has 1 aliphatic heterocycles. The normalized spacial score (nSPS) is 16.5. The molecule has 1 aliphatic rings. The van der Waals surface area contributed by atoms with Crippen molar-refractivity contribution in [1.82, 2.24) is 9.55 Å². The Kier molecular flexibility index (Phi) is 8.14. The van der Waals surface area contributed by atoms with Crippen LogP contribution in [0.15, 0.2) is 42.6 Å². The first-order valence-electron chi connectivity index (χ1n) is 12.7. The lowest BCUT2D eigenvalue weighted by atomic mass is 10.0. The molecular formula is C28H36N4O5. The fraction of sp³-hybridized carbons (Fsp3) is 0.464. The van der Waals surface area contributed by atoms with Crippen molar-refractivity contribution >= 4 is 34.3 Å². The smallest absolute Gasteiger partial charge is 0.356 e. The molecule has 0 bridgehead atoms. The molecule has 0 aliphatic carbocycles. The molecule has 1 saturated heterocycles. The molecule has 198 valence electrons. The highest BCUT2D eigenvalue weighted by Crippen LogP contribution is 2.34. The first kappa shape index (κ1) is 26.6. The van der Waals surface area contributed by atoms with E-state index in [2.05, 4.69) is 27.8 Å². The van der Waals surface area contributed by atoms with Crippen LogP contribution < -0.4 is 10.6 Å². The Hall–Kier alpha value is -3.43. The number of ether oxygens (including phenoxy) is 2. The largest absolute Gasteiger partial charge is 0.464 e. The summed E-state index contributed by atoms with van der Waals surface area (Å²) < 4.78 is 12.4. The third-order valence-corrected chi connectivity index (χ3v) is 6.96. The number of carbonyl (C=O) groups excluding carboxylic acids is 2. The van der Waals surface area contributed by atoms with Crippen LogP contribution in [0.2, 0.25) is 0 Å². The van der Waals surface area contributed by atoms with Crippen LogP contribution in [0.1, 0.15) is 49.7 Å². The van der Waals surface area contributed by atoms with Crippen LogP contribution in [-0.4, -0.2) is 58.5 Å². The number of fused-ring (bicyclic) bond motifs is 1. The van der Waals surface area contributed by atoms with Gasteiger partial charge in [-0.25, -0.2) is 9.78 Å². The Balaban J connectivity index is 1.75. The van der Waals surface area contributed by atoms with Crippen molar-refractivity contribution in [2.75, 3.05) is 31.0 Å². The number of aryl methyl sites for hydroxylation is 2. The molecule has 1 aromatic carbocycles. The van der Waals surface area contributed by atoms with Crippen molar-refractivity contribution in [1.29, 1.82) is 0 Å². The monoisotopic (exact) mass is 508 g/mol. The van der Waals surface area contributed by atoms with Gasteiger partial charge in [-0.1, -0.05) is 30.3 Å². The second kappa shape index (κ2) is 11.3. The molecule has 1 fully saturated rings. The predicted molar refractivity (Wildman–Crippen MR) is 143 cm³/mol. The standard InChI is InChI=1S/C28H36N4O5/c1-18(28(2,3)35)30-21-15-22-23(31-26(33)20-12-14-37-17-20)24(27(34)36-4)32(25(22)29-16-21)13-8-11-19-9-6-5-7-10-19/h5-7,9-10,15-16,18,20,30,35H,8,11-14,17H2,1-4H3,(H,31,33)/t18-,20-/m0/s1. The number of carbonyl (C=O) groups is 2.